The smallest absolute Gasteiger partial charge is 0.205 e. The number of hydrogen-bond donors (Lipinski definition) is 1. The van der Waals surface area contributed by atoms with Crippen molar-refractivity contribution in [2.75, 3.05) is 7.11 Å². The fourth-order valence-electron chi connectivity index (χ4n) is 3.48. The third-order valence-electron chi connectivity index (χ3n) is 4.62. The molecule has 0 bridgehead atoms. The Kier molecular flexibility index (Phi) is 4.06. The zero-order valence-electron chi connectivity index (χ0n) is 14.0. The number of ether oxygens (including phenoxy) is 2. The van der Waals surface area contributed by atoms with Crippen molar-refractivity contribution in [3.63, 3.8) is 0 Å². The van der Waals surface area contributed by atoms with Gasteiger partial charge in [0.25, 0.3) is 0 Å². The fourth-order valence-corrected chi connectivity index (χ4v) is 3.86. The van der Waals surface area contributed by atoms with Crippen LogP contribution in [0.4, 0.5) is 0 Å². The van der Waals surface area contributed by atoms with Gasteiger partial charge in [0.05, 0.1) is 13.0 Å². The first-order chi connectivity index (χ1) is 12.6. The van der Waals surface area contributed by atoms with E-state index < -0.39 is 0 Å². The number of nitrogens with zero attached hydrogens (tertiary/aromatic N) is 1. The predicted molar refractivity (Wildman–Crippen MR) is 104 cm³/mol. The van der Waals surface area contributed by atoms with E-state index in [1.807, 2.05) is 54.6 Å². The van der Waals surface area contributed by atoms with Crippen molar-refractivity contribution in [1.29, 1.82) is 5.26 Å². The molecule has 1 aliphatic rings. The van der Waals surface area contributed by atoms with Crippen LogP contribution < -0.4 is 15.2 Å². The Morgan fingerprint density at radius 2 is 1.96 bits per heavy atom. The number of allylic oxidation sites excluding steroid dienone is 1. The monoisotopic (exact) mass is 406 g/mol. The van der Waals surface area contributed by atoms with Gasteiger partial charge in [0.15, 0.2) is 0 Å². The highest BCUT2D eigenvalue weighted by Crippen LogP contribution is 2.48. The van der Waals surface area contributed by atoms with Gasteiger partial charge in [-0.3, -0.25) is 0 Å². The molecule has 3 aromatic rings. The Morgan fingerprint density at radius 1 is 1.15 bits per heavy atom. The zero-order valence-corrected chi connectivity index (χ0v) is 15.6. The molecule has 128 valence electrons. The van der Waals surface area contributed by atoms with Crippen LogP contribution in [0.15, 0.2) is 70.5 Å². The minimum Gasteiger partial charge on any atom is -0.496 e. The van der Waals surface area contributed by atoms with Crippen molar-refractivity contribution in [1.82, 2.24) is 0 Å². The molecule has 1 atom stereocenters. The Morgan fingerprint density at radius 3 is 2.73 bits per heavy atom. The van der Waals surface area contributed by atoms with Crippen molar-refractivity contribution in [2.24, 2.45) is 5.73 Å². The molecule has 0 aromatic heterocycles. The Balaban J connectivity index is 2.10. The molecule has 0 spiro atoms. The van der Waals surface area contributed by atoms with Gasteiger partial charge in [-0.15, -0.1) is 0 Å². The molecule has 0 radical (unpaired) electrons. The van der Waals surface area contributed by atoms with Crippen molar-refractivity contribution in [2.45, 2.75) is 5.92 Å². The fraction of sp³-hybridized carbons (Fsp3) is 0.0952. The molecule has 1 heterocycles. The highest BCUT2D eigenvalue weighted by Gasteiger charge is 2.34. The van der Waals surface area contributed by atoms with Gasteiger partial charge in [-0.25, -0.2) is 0 Å². The van der Waals surface area contributed by atoms with Gasteiger partial charge >= 0.3 is 0 Å². The van der Waals surface area contributed by atoms with E-state index in [-0.39, 0.29) is 11.8 Å². The summed E-state index contributed by atoms with van der Waals surface area (Å²) in [6.07, 6.45) is 0. The van der Waals surface area contributed by atoms with E-state index in [1.54, 1.807) is 7.11 Å². The number of benzene rings is 3. The molecule has 0 amide bonds. The average molecular weight is 407 g/mol. The summed E-state index contributed by atoms with van der Waals surface area (Å²) in [5.41, 5.74) is 8.25. The number of methoxy groups -OCH3 is 1. The highest BCUT2D eigenvalue weighted by molar-refractivity contribution is 9.10. The Hall–Kier alpha value is -2.97. The Labute approximate surface area is 159 Å². The van der Waals surface area contributed by atoms with Crippen molar-refractivity contribution in [3.8, 4) is 17.6 Å². The first-order valence-corrected chi connectivity index (χ1v) is 8.86. The number of nitriles is 1. The van der Waals surface area contributed by atoms with Crippen LogP contribution >= 0.6 is 15.9 Å². The molecule has 0 unspecified atom stereocenters. The maximum absolute atomic E-state index is 9.80. The van der Waals surface area contributed by atoms with Crippen molar-refractivity contribution in [3.05, 3.63) is 81.7 Å². The third kappa shape index (κ3) is 2.51. The predicted octanol–water partition coefficient (Wildman–Crippen LogP) is 4.83. The molecule has 5 heteroatoms. The summed E-state index contributed by atoms with van der Waals surface area (Å²) in [4.78, 5) is 0. The van der Waals surface area contributed by atoms with Crippen molar-refractivity contribution >= 4 is 26.7 Å². The molecule has 0 saturated carbocycles. The first kappa shape index (κ1) is 16.5. The summed E-state index contributed by atoms with van der Waals surface area (Å²) < 4.78 is 12.3. The van der Waals surface area contributed by atoms with Gasteiger partial charge in [0.2, 0.25) is 5.88 Å². The summed E-state index contributed by atoms with van der Waals surface area (Å²) >= 11 is 3.52. The standard InChI is InChI=1S/C21H15BrN2O2/c1-25-17-9-7-13(22)10-15(17)19-16(11-23)21(24)26-18-8-6-12-4-2-3-5-14(12)20(18)19/h2-10,19H,24H2,1H3/t19-/m1/s1. The lowest BCUT2D eigenvalue weighted by Gasteiger charge is -2.28. The van der Waals surface area contributed by atoms with Gasteiger partial charge in [0.1, 0.15) is 23.1 Å². The van der Waals surface area contributed by atoms with Gasteiger partial charge in [0, 0.05) is 15.6 Å². The SMILES string of the molecule is COc1ccc(Br)cc1[C@@H]1C(C#N)=C(N)Oc2ccc3ccccc3c21. The van der Waals surface area contributed by atoms with Crippen LogP contribution in [0.5, 0.6) is 11.5 Å². The molecule has 2 N–H and O–H groups in total. The normalized spacial score (nSPS) is 16.0. The van der Waals surface area contributed by atoms with Crippen LogP contribution in [-0.2, 0) is 0 Å². The maximum atomic E-state index is 9.80. The summed E-state index contributed by atoms with van der Waals surface area (Å²) in [5, 5.41) is 11.9. The second-order valence-corrected chi connectivity index (χ2v) is 6.93. The van der Waals surface area contributed by atoms with Crippen LogP contribution in [-0.4, -0.2) is 7.11 Å². The maximum Gasteiger partial charge on any atom is 0.205 e. The molecule has 0 aliphatic carbocycles. The molecular formula is C21H15BrN2O2. The van der Waals surface area contributed by atoms with E-state index in [0.717, 1.165) is 26.4 Å². The van der Waals surface area contributed by atoms with Crippen LogP contribution in [0.3, 0.4) is 0 Å². The lowest BCUT2D eigenvalue weighted by molar-refractivity contribution is 0.388. The van der Waals surface area contributed by atoms with Crippen LogP contribution in [0.25, 0.3) is 10.8 Å². The number of halogens is 1. The molecule has 1 aliphatic heterocycles. The topological polar surface area (TPSA) is 68.3 Å². The molecule has 4 rings (SSSR count). The first-order valence-electron chi connectivity index (χ1n) is 8.06. The summed E-state index contributed by atoms with van der Waals surface area (Å²) in [6.45, 7) is 0. The molecule has 0 saturated heterocycles. The van der Waals surface area contributed by atoms with E-state index >= 15 is 0 Å². The largest absolute Gasteiger partial charge is 0.496 e. The minimum atomic E-state index is -0.373. The van der Waals surface area contributed by atoms with E-state index in [0.29, 0.717) is 17.1 Å². The summed E-state index contributed by atoms with van der Waals surface area (Å²) in [5.74, 6) is 1.11. The number of hydrogen-bond acceptors (Lipinski definition) is 4. The highest BCUT2D eigenvalue weighted by atomic mass is 79.9. The molecule has 3 aromatic carbocycles. The second-order valence-electron chi connectivity index (χ2n) is 6.01. The van der Waals surface area contributed by atoms with E-state index in [9.17, 15) is 5.26 Å². The molecule has 26 heavy (non-hydrogen) atoms. The van der Waals surface area contributed by atoms with Crippen LogP contribution in [0, 0.1) is 11.3 Å². The molecule has 4 nitrogen and oxygen atoms in total. The lowest BCUT2D eigenvalue weighted by atomic mass is 9.81. The lowest BCUT2D eigenvalue weighted by Crippen LogP contribution is -2.21. The molecular weight excluding hydrogens is 392 g/mol. The van der Waals surface area contributed by atoms with E-state index in [2.05, 4.69) is 22.0 Å². The average Bonchev–Trinajstić information content (AvgIpc) is 2.66. The second kappa shape index (κ2) is 6.40. The van der Waals surface area contributed by atoms with Gasteiger partial charge in [-0.05, 0) is 35.0 Å². The third-order valence-corrected chi connectivity index (χ3v) is 5.11. The van der Waals surface area contributed by atoms with Crippen LogP contribution in [0.1, 0.15) is 17.0 Å². The summed E-state index contributed by atoms with van der Waals surface area (Å²) in [6, 6.07) is 19.9. The minimum absolute atomic E-state index is 0.127. The van der Waals surface area contributed by atoms with E-state index in [4.69, 9.17) is 15.2 Å². The van der Waals surface area contributed by atoms with E-state index in [1.165, 1.54) is 0 Å². The van der Waals surface area contributed by atoms with Gasteiger partial charge < -0.3 is 15.2 Å². The summed E-state index contributed by atoms with van der Waals surface area (Å²) in [7, 11) is 1.62. The van der Waals surface area contributed by atoms with Gasteiger partial charge in [-0.1, -0.05) is 46.3 Å². The number of rotatable bonds is 2. The Bertz CT molecular complexity index is 1100. The number of nitrogens with two attached hydrogens (primary N) is 1. The van der Waals surface area contributed by atoms with Crippen molar-refractivity contribution < 1.29 is 9.47 Å². The van der Waals surface area contributed by atoms with Crippen LogP contribution in [0.2, 0.25) is 0 Å². The van der Waals surface area contributed by atoms with Gasteiger partial charge in [-0.2, -0.15) is 5.26 Å². The quantitative estimate of drug-likeness (QED) is 0.661. The number of fused-ring (bicyclic) bond motifs is 3. The zero-order chi connectivity index (χ0) is 18.3. The molecule has 0 fully saturated rings.